The van der Waals surface area contributed by atoms with Crippen LogP contribution in [0.1, 0.15) is 60.7 Å². The van der Waals surface area contributed by atoms with Gasteiger partial charge in [0.15, 0.2) is 0 Å². The average molecular weight is 470 g/mol. The summed E-state index contributed by atoms with van der Waals surface area (Å²) >= 11 is 0. The number of fused-ring (bicyclic) bond motifs is 2. The molecule has 1 fully saturated rings. The number of carbonyl (C=O) groups excluding carboxylic acids is 2. The molecule has 2 unspecified atom stereocenters. The van der Waals surface area contributed by atoms with Gasteiger partial charge in [-0.15, -0.1) is 0 Å². The van der Waals surface area contributed by atoms with Crippen LogP contribution in [0.15, 0.2) is 24.3 Å². The van der Waals surface area contributed by atoms with Gasteiger partial charge >= 0.3 is 11.9 Å². The fourth-order valence-electron chi connectivity index (χ4n) is 5.01. The lowest BCUT2D eigenvalue weighted by Crippen LogP contribution is -2.48. The molecule has 3 heterocycles. The number of aliphatic hydroxyl groups is 2. The number of ether oxygens (including phenoxy) is 2. The standard InChI is InChI=1S/C25H27FN2O6/c1-14-15(2-3-16-19(14)12-33-24(16)31)21(29)10-27-6-8-28(9-7-27)11-22(30)18-5-4-17-20(23(18)26)13-34-25(17)32/h2-5,21-22,29-30H,6-13H2,1H3. The van der Waals surface area contributed by atoms with Gasteiger partial charge in [0.1, 0.15) is 19.0 Å². The Morgan fingerprint density at radius 1 is 0.824 bits per heavy atom. The molecule has 2 aromatic rings. The van der Waals surface area contributed by atoms with Crippen LogP contribution in [0, 0.1) is 12.7 Å². The van der Waals surface area contributed by atoms with Crippen molar-refractivity contribution in [2.45, 2.75) is 32.3 Å². The predicted octanol–water partition coefficient (Wildman–Crippen LogP) is 1.86. The molecule has 2 atom stereocenters. The van der Waals surface area contributed by atoms with Gasteiger partial charge in [-0.1, -0.05) is 12.1 Å². The summed E-state index contributed by atoms with van der Waals surface area (Å²) in [4.78, 5) is 27.5. The Labute approximate surface area is 196 Å². The Morgan fingerprint density at radius 2 is 1.29 bits per heavy atom. The highest BCUT2D eigenvalue weighted by atomic mass is 19.1. The van der Waals surface area contributed by atoms with Crippen molar-refractivity contribution in [2.24, 2.45) is 0 Å². The first-order valence-corrected chi connectivity index (χ1v) is 11.4. The van der Waals surface area contributed by atoms with Crippen molar-refractivity contribution in [1.29, 1.82) is 0 Å². The summed E-state index contributed by atoms with van der Waals surface area (Å²) in [6.07, 6.45) is -1.71. The minimum atomic E-state index is -1.02. The molecule has 2 N–H and O–H groups in total. The SMILES string of the molecule is Cc1c(C(O)CN2CCN(CC(O)c3ccc4c(c3F)COC4=O)CC2)ccc2c1COC2=O. The first-order chi connectivity index (χ1) is 16.3. The first-order valence-electron chi connectivity index (χ1n) is 11.4. The number of cyclic esters (lactones) is 2. The van der Waals surface area contributed by atoms with E-state index in [0.717, 1.165) is 16.7 Å². The van der Waals surface area contributed by atoms with Crippen molar-refractivity contribution in [3.8, 4) is 0 Å². The highest BCUT2D eigenvalue weighted by molar-refractivity contribution is 5.94. The molecule has 0 saturated carbocycles. The summed E-state index contributed by atoms with van der Waals surface area (Å²) in [7, 11) is 0. The van der Waals surface area contributed by atoms with Crippen LogP contribution in [0.4, 0.5) is 4.39 Å². The molecule has 0 bridgehead atoms. The van der Waals surface area contributed by atoms with Gasteiger partial charge in [-0.3, -0.25) is 9.80 Å². The normalized spacial score (nSPS) is 20.0. The number of carbonyl (C=O) groups is 2. The second-order valence-electron chi connectivity index (χ2n) is 9.09. The topological polar surface area (TPSA) is 99.5 Å². The highest BCUT2D eigenvalue weighted by Crippen LogP contribution is 2.31. The van der Waals surface area contributed by atoms with Gasteiger partial charge in [-0.05, 0) is 30.2 Å². The van der Waals surface area contributed by atoms with Crippen molar-refractivity contribution in [1.82, 2.24) is 9.80 Å². The number of nitrogens with zero attached hydrogens (tertiary/aromatic N) is 2. The molecule has 3 aliphatic rings. The Balaban J connectivity index is 1.16. The molecule has 1 saturated heterocycles. The zero-order chi connectivity index (χ0) is 24.0. The number of esters is 2. The third kappa shape index (κ3) is 4.09. The summed E-state index contributed by atoms with van der Waals surface area (Å²) < 4.78 is 24.8. The van der Waals surface area contributed by atoms with Gasteiger partial charge < -0.3 is 19.7 Å². The average Bonchev–Trinajstić information content (AvgIpc) is 3.39. The highest BCUT2D eigenvalue weighted by Gasteiger charge is 2.30. The van der Waals surface area contributed by atoms with Gasteiger partial charge in [0, 0.05) is 56.0 Å². The summed E-state index contributed by atoms with van der Waals surface area (Å²) in [5.41, 5.74) is 3.70. The molecular formula is C25H27FN2O6. The minimum Gasteiger partial charge on any atom is -0.457 e. The molecule has 34 heavy (non-hydrogen) atoms. The summed E-state index contributed by atoms with van der Waals surface area (Å²) in [6, 6.07) is 6.47. The molecule has 3 aliphatic heterocycles. The fraction of sp³-hybridized carbons (Fsp3) is 0.440. The molecular weight excluding hydrogens is 443 g/mol. The molecule has 0 amide bonds. The third-order valence-electron chi connectivity index (χ3n) is 7.09. The van der Waals surface area contributed by atoms with E-state index in [4.69, 9.17) is 9.47 Å². The Bertz CT molecular complexity index is 1060. The quantitative estimate of drug-likeness (QED) is 0.618. The van der Waals surface area contributed by atoms with Crippen molar-refractivity contribution in [2.75, 3.05) is 39.3 Å². The molecule has 0 aliphatic carbocycles. The number of β-amino-alcohol motifs (C(OH)–C–C–N with tert-alkyl or cyclic N) is 2. The van der Waals surface area contributed by atoms with E-state index in [9.17, 15) is 24.2 Å². The van der Waals surface area contributed by atoms with Crippen LogP contribution in [0.2, 0.25) is 0 Å². The largest absolute Gasteiger partial charge is 0.457 e. The Kier molecular flexibility index (Phi) is 6.11. The predicted molar refractivity (Wildman–Crippen MR) is 119 cm³/mol. The molecule has 180 valence electrons. The lowest BCUT2D eigenvalue weighted by molar-refractivity contribution is 0.0470. The van der Waals surface area contributed by atoms with E-state index in [2.05, 4.69) is 9.80 Å². The summed E-state index contributed by atoms with van der Waals surface area (Å²) in [5, 5.41) is 21.5. The molecule has 2 aromatic carbocycles. The molecule has 0 spiro atoms. The van der Waals surface area contributed by atoms with Gasteiger partial charge in [0.2, 0.25) is 0 Å². The van der Waals surface area contributed by atoms with Crippen LogP contribution >= 0.6 is 0 Å². The molecule has 9 heteroatoms. The number of hydrogen-bond acceptors (Lipinski definition) is 8. The van der Waals surface area contributed by atoms with Crippen molar-refractivity contribution in [3.63, 3.8) is 0 Å². The minimum absolute atomic E-state index is 0.103. The van der Waals surface area contributed by atoms with E-state index in [1.54, 1.807) is 12.1 Å². The second-order valence-corrected chi connectivity index (χ2v) is 9.09. The number of aliphatic hydroxyl groups excluding tert-OH is 2. The van der Waals surface area contributed by atoms with Crippen molar-refractivity contribution < 1.29 is 33.7 Å². The summed E-state index contributed by atoms with van der Waals surface area (Å²) in [5.74, 6) is -1.43. The number of hydrogen-bond donors (Lipinski definition) is 2. The lowest BCUT2D eigenvalue weighted by Gasteiger charge is -2.36. The number of rotatable bonds is 6. The zero-order valence-corrected chi connectivity index (χ0v) is 18.9. The van der Waals surface area contributed by atoms with Gasteiger partial charge in [0.25, 0.3) is 0 Å². The smallest absolute Gasteiger partial charge is 0.338 e. The van der Waals surface area contributed by atoms with Crippen molar-refractivity contribution >= 4 is 11.9 Å². The maximum atomic E-state index is 14.8. The Morgan fingerprint density at radius 3 is 1.88 bits per heavy atom. The van der Waals surface area contributed by atoms with Gasteiger partial charge in [0.05, 0.1) is 23.3 Å². The van der Waals surface area contributed by atoms with Crippen molar-refractivity contribution in [3.05, 3.63) is 69.0 Å². The van der Waals surface area contributed by atoms with E-state index in [1.165, 1.54) is 12.1 Å². The van der Waals surface area contributed by atoms with E-state index >= 15 is 0 Å². The molecule has 0 aromatic heterocycles. The van der Waals surface area contributed by atoms with Crippen LogP contribution in [0.3, 0.4) is 0 Å². The zero-order valence-electron chi connectivity index (χ0n) is 18.9. The first kappa shape index (κ1) is 22.9. The third-order valence-corrected chi connectivity index (χ3v) is 7.09. The van der Waals surface area contributed by atoms with Gasteiger partial charge in [-0.25, -0.2) is 14.0 Å². The number of halogens is 1. The molecule has 5 rings (SSSR count). The van der Waals surface area contributed by atoms with E-state index < -0.39 is 24.0 Å². The van der Waals surface area contributed by atoms with Crippen LogP contribution < -0.4 is 0 Å². The van der Waals surface area contributed by atoms with Crippen LogP contribution in [0.25, 0.3) is 0 Å². The number of benzene rings is 2. The second kappa shape index (κ2) is 9.07. The fourth-order valence-corrected chi connectivity index (χ4v) is 5.01. The monoisotopic (exact) mass is 470 g/mol. The maximum Gasteiger partial charge on any atom is 0.338 e. The number of piperazine rings is 1. The van der Waals surface area contributed by atoms with Gasteiger partial charge in [-0.2, -0.15) is 0 Å². The van der Waals surface area contributed by atoms with E-state index in [0.29, 0.717) is 38.3 Å². The van der Waals surface area contributed by atoms with Crippen LogP contribution in [0.5, 0.6) is 0 Å². The molecule has 0 radical (unpaired) electrons. The van der Waals surface area contributed by atoms with Crippen LogP contribution in [-0.2, 0) is 22.7 Å². The maximum absolute atomic E-state index is 14.8. The Hall–Kier alpha value is -2.85. The molecule has 8 nitrogen and oxygen atoms in total. The lowest BCUT2D eigenvalue weighted by atomic mass is 9.95. The summed E-state index contributed by atoms with van der Waals surface area (Å²) in [6.45, 7) is 5.52. The van der Waals surface area contributed by atoms with E-state index in [1.807, 2.05) is 6.92 Å². The van der Waals surface area contributed by atoms with E-state index in [-0.39, 0.29) is 42.4 Å². The van der Waals surface area contributed by atoms with Crippen LogP contribution in [-0.4, -0.2) is 71.2 Å².